The van der Waals surface area contributed by atoms with Crippen LogP contribution in [0.4, 0.5) is 17.5 Å². The van der Waals surface area contributed by atoms with E-state index in [0.29, 0.717) is 48.1 Å². The maximum Gasteiger partial charge on any atom is 0.256 e. The number of nitrogens with zero attached hydrogens (tertiary/aromatic N) is 3. The third kappa shape index (κ3) is 10.6. The lowest BCUT2D eigenvalue weighted by Gasteiger charge is -2.30. The van der Waals surface area contributed by atoms with Gasteiger partial charge >= 0.3 is 0 Å². The fourth-order valence-electron chi connectivity index (χ4n) is 4.56. The molecule has 1 aliphatic carbocycles. The van der Waals surface area contributed by atoms with Crippen LogP contribution in [-0.2, 0) is 9.59 Å². The molecule has 42 heavy (non-hydrogen) atoms. The predicted molar refractivity (Wildman–Crippen MR) is 163 cm³/mol. The van der Waals surface area contributed by atoms with Gasteiger partial charge in [-0.25, -0.2) is 4.98 Å². The number of carbonyl (C=O) groups is 4. The molecule has 1 heterocycles. The normalized spacial score (nSPS) is 16.7. The summed E-state index contributed by atoms with van der Waals surface area (Å²) in [5, 5.41) is 12.4. The van der Waals surface area contributed by atoms with Gasteiger partial charge < -0.3 is 31.9 Å². The van der Waals surface area contributed by atoms with Crippen molar-refractivity contribution in [1.29, 1.82) is 0 Å². The molecule has 0 bridgehead atoms. The third-order valence-electron chi connectivity index (χ3n) is 6.75. The molecule has 3 amide bonds. The molecule has 12 nitrogen and oxygen atoms in total. The molecule has 2 atom stereocenters. The number of ketones is 1. The number of nitrogens with one attached hydrogen (secondary N) is 4. The van der Waals surface area contributed by atoms with Gasteiger partial charge in [0.05, 0.1) is 0 Å². The van der Waals surface area contributed by atoms with Crippen molar-refractivity contribution in [3.8, 4) is 0 Å². The third-order valence-corrected chi connectivity index (χ3v) is 6.75. The van der Waals surface area contributed by atoms with Crippen molar-refractivity contribution < 1.29 is 19.2 Å². The largest absolute Gasteiger partial charge is 0.369 e. The Morgan fingerprint density at radius 1 is 1.05 bits per heavy atom. The highest BCUT2D eigenvalue weighted by atomic mass is 16.2. The number of primary amides is 1. The maximum absolute atomic E-state index is 13.3. The average Bonchev–Trinajstić information content (AvgIpc) is 2.95. The lowest BCUT2D eigenvalue weighted by Crippen LogP contribution is -2.46. The van der Waals surface area contributed by atoms with Crippen LogP contribution in [0.3, 0.4) is 0 Å². The zero-order chi connectivity index (χ0) is 30.5. The molecule has 226 valence electrons. The summed E-state index contributed by atoms with van der Waals surface area (Å²) in [6.07, 6.45) is 9.02. The summed E-state index contributed by atoms with van der Waals surface area (Å²) in [5.41, 5.74) is 6.68. The van der Waals surface area contributed by atoms with Crippen molar-refractivity contribution >= 4 is 41.0 Å². The van der Waals surface area contributed by atoms with E-state index in [1.165, 1.54) is 12.3 Å². The molecule has 12 heteroatoms. The second-order valence-corrected chi connectivity index (χ2v) is 10.7. The van der Waals surface area contributed by atoms with E-state index >= 15 is 0 Å². The number of likely N-dealkylation sites (N-methyl/N-ethyl adjacent to an activating group) is 1. The number of hydrogen-bond donors (Lipinski definition) is 5. The van der Waals surface area contributed by atoms with E-state index in [1.54, 1.807) is 30.3 Å². The van der Waals surface area contributed by atoms with Crippen LogP contribution in [0, 0.1) is 0 Å². The number of carbonyl (C=O) groups excluding carboxylic acids is 4. The van der Waals surface area contributed by atoms with Crippen LogP contribution in [0.25, 0.3) is 0 Å². The Morgan fingerprint density at radius 3 is 2.43 bits per heavy atom. The van der Waals surface area contributed by atoms with E-state index in [2.05, 4.69) is 31.2 Å². The van der Waals surface area contributed by atoms with Crippen LogP contribution in [0.5, 0.6) is 0 Å². The summed E-state index contributed by atoms with van der Waals surface area (Å²) in [6.45, 7) is 3.31. The van der Waals surface area contributed by atoms with Gasteiger partial charge in [0.2, 0.25) is 17.8 Å². The van der Waals surface area contributed by atoms with Gasteiger partial charge in [0.25, 0.3) is 5.91 Å². The number of aromatic nitrogens is 2. The van der Waals surface area contributed by atoms with Gasteiger partial charge in [0.15, 0.2) is 5.78 Å². The Balaban J connectivity index is 1.56. The van der Waals surface area contributed by atoms with E-state index in [1.807, 2.05) is 25.9 Å². The van der Waals surface area contributed by atoms with Crippen molar-refractivity contribution in [2.75, 3.05) is 37.8 Å². The summed E-state index contributed by atoms with van der Waals surface area (Å²) in [4.78, 5) is 59.9. The first-order valence-electron chi connectivity index (χ1n) is 14.4. The molecule has 2 aromatic rings. The smallest absolute Gasteiger partial charge is 0.256 e. The van der Waals surface area contributed by atoms with Gasteiger partial charge in [0, 0.05) is 55.5 Å². The molecule has 1 aliphatic rings. The number of amides is 3. The predicted octanol–water partition coefficient (Wildman–Crippen LogP) is 2.77. The minimum Gasteiger partial charge on any atom is -0.369 e. The van der Waals surface area contributed by atoms with E-state index in [9.17, 15) is 19.2 Å². The molecule has 1 aromatic carbocycles. The Bertz CT molecular complexity index is 1260. The highest BCUT2D eigenvalue weighted by molar-refractivity contribution is 5.99. The Morgan fingerprint density at radius 2 is 1.76 bits per heavy atom. The summed E-state index contributed by atoms with van der Waals surface area (Å²) in [6, 6.07) is 6.41. The first-order chi connectivity index (χ1) is 20.1. The summed E-state index contributed by atoms with van der Waals surface area (Å²) < 4.78 is 0. The Labute approximate surface area is 246 Å². The second kappa shape index (κ2) is 16.2. The fourth-order valence-corrected chi connectivity index (χ4v) is 4.56. The molecule has 1 fully saturated rings. The number of anilines is 3. The lowest BCUT2D eigenvalue weighted by molar-refractivity contribution is -0.124. The summed E-state index contributed by atoms with van der Waals surface area (Å²) in [7, 11) is 3.84. The van der Waals surface area contributed by atoms with Crippen LogP contribution in [0.1, 0.15) is 72.6 Å². The zero-order valence-corrected chi connectivity index (χ0v) is 24.6. The number of hydrogen-bond acceptors (Lipinski definition) is 9. The molecule has 2 unspecified atom stereocenters. The van der Waals surface area contributed by atoms with Gasteiger partial charge in [-0.3, -0.25) is 19.2 Å². The standard InChI is InChI=1S/C30H42N8O4/c1-4-16-32-28-25(19-33-30(37-28)36-21-12-10-20(11-13-21)27(31)41)29(42)35-23-8-5-7-22(18-23)34-26(40)15-14-24(39)9-6-17-38(2)3/h6,9-13,19,22-23H,4-5,7-8,14-18H2,1-3H3,(H2,31,41)(H,34,40)(H,35,42)(H2,32,33,36,37)/b9-6+. The van der Waals surface area contributed by atoms with Crippen LogP contribution < -0.4 is 27.0 Å². The van der Waals surface area contributed by atoms with Crippen molar-refractivity contribution in [1.82, 2.24) is 25.5 Å². The summed E-state index contributed by atoms with van der Waals surface area (Å²) in [5.74, 6) is -0.333. The molecule has 0 aliphatic heterocycles. The van der Waals surface area contributed by atoms with Crippen molar-refractivity contribution in [2.24, 2.45) is 5.73 Å². The van der Waals surface area contributed by atoms with Gasteiger partial charge in [-0.2, -0.15) is 4.98 Å². The topological polar surface area (TPSA) is 171 Å². The average molecular weight is 579 g/mol. The molecular weight excluding hydrogens is 536 g/mol. The summed E-state index contributed by atoms with van der Waals surface area (Å²) >= 11 is 0. The molecule has 0 radical (unpaired) electrons. The Hall–Kier alpha value is -4.32. The van der Waals surface area contributed by atoms with E-state index in [-0.39, 0.29) is 42.5 Å². The highest BCUT2D eigenvalue weighted by Gasteiger charge is 2.26. The quantitative estimate of drug-likeness (QED) is 0.199. The van der Waals surface area contributed by atoms with E-state index in [0.717, 1.165) is 25.7 Å². The van der Waals surface area contributed by atoms with Crippen molar-refractivity contribution in [3.05, 3.63) is 53.7 Å². The van der Waals surface area contributed by atoms with Gasteiger partial charge in [-0.15, -0.1) is 0 Å². The molecule has 3 rings (SSSR count). The van der Waals surface area contributed by atoms with E-state index in [4.69, 9.17) is 5.73 Å². The number of benzene rings is 1. The fraction of sp³-hybridized carbons (Fsp3) is 0.467. The van der Waals surface area contributed by atoms with Crippen LogP contribution >= 0.6 is 0 Å². The number of allylic oxidation sites excluding steroid dienone is 1. The van der Waals surface area contributed by atoms with Crippen molar-refractivity contribution in [3.63, 3.8) is 0 Å². The van der Waals surface area contributed by atoms with Crippen LogP contribution in [0.2, 0.25) is 0 Å². The maximum atomic E-state index is 13.3. The molecule has 1 aromatic heterocycles. The molecule has 0 spiro atoms. The molecule has 0 saturated heterocycles. The second-order valence-electron chi connectivity index (χ2n) is 10.7. The minimum atomic E-state index is -0.512. The Kier molecular flexibility index (Phi) is 12.4. The molecule has 1 saturated carbocycles. The SMILES string of the molecule is CCCNc1nc(Nc2ccc(C(N)=O)cc2)ncc1C(=O)NC1CCCC(NC(=O)CCC(=O)/C=C/CN(C)C)C1. The monoisotopic (exact) mass is 578 g/mol. The van der Waals surface area contributed by atoms with Crippen molar-refractivity contribution in [2.45, 2.75) is 64.0 Å². The van der Waals surface area contributed by atoms with Crippen LogP contribution in [-0.4, -0.2) is 77.6 Å². The van der Waals surface area contributed by atoms with Gasteiger partial charge in [-0.1, -0.05) is 13.0 Å². The minimum absolute atomic E-state index is 0.0716. The number of rotatable bonds is 15. The first kappa shape index (κ1) is 32.2. The first-order valence-corrected chi connectivity index (χ1v) is 14.4. The van der Waals surface area contributed by atoms with E-state index < -0.39 is 5.91 Å². The molecule has 6 N–H and O–H groups in total. The zero-order valence-electron chi connectivity index (χ0n) is 24.6. The lowest BCUT2D eigenvalue weighted by atomic mass is 9.90. The highest BCUT2D eigenvalue weighted by Crippen LogP contribution is 2.22. The molecular formula is C30H42N8O4. The number of nitrogens with two attached hydrogens (primary N) is 1. The van der Waals surface area contributed by atoms with Gasteiger partial charge in [0.1, 0.15) is 11.4 Å². The van der Waals surface area contributed by atoms with Crippen LogP contribution in [0.15, 0.2) is 42.6 Å². The van der Waals surface area contributed by atoms with Gasteiger partial charge in [-0.05, 0) is 76.5 Å².